The number of esters is 4. The largest absolute Gasteiger partial charge is 0.460 e. The fourth-order valence-corrected chi connectivity index (χ4v) is 7.94. The average Bonchev–Trinajstić information content (AvgIpc) is 2.95. The third-order valence-electron chi connectivity index (χ3n) is 9.25. The maximum absolute atomic E-state index is 13.9. The van der Waals surface area contributed by atoms with E-state index in [1.165, 1.54) is 19.3 Å². The minimum atomic E-state index is -1.20. The van der Waals surface area contributed by atoms with Crippen LogP contribution >= 0.6 is 0 Å². The molecule has 0 aromatic rings. The van der Waals surface area contributed by atoms with Crippen molar-refractivity contribution < 1.29 is 33.4 Å². The van der Waals surface area contributed by atoms with Gasteiger partial charge < -0.3 is 14.2 Å². The van der Waals surface area contributed by atoms with Crippen LogP contribution in [0.2, 0.25) is 0 Å². The number of ether oxygens (including phenoxy) is 3. The van der Waals surface area contributed by atoms with Crippen molar-refractivity contribution in [2.75, 3.05) is 0 Å². The Morgan fingerprint density at radius 3 is 1.86 bits per heavy atom. The van der Waals surface area contributed by atoms with Crippen LogP contribution in [0.4, 0.5) is 0 Å². The highest BCUT2D eigenvalue weighted by Crippen LogP contribution is 2.58. The fourth-order valence-electron chi connectivity index (χ4n) is 7.94. The number of carbonyl (C=O) groups excluding carboxylic acids is 4. The summed E-state index contributed by atoms with van der Waals surface area (Å²) in [6.45, 7) is 12.6. The van der Waals surface area contributed by atoms with Crippen molar-refractivity contribution in [2.24, 2.45) is 34.0 Å². The topological polar surface area (TPSA) is 96.0 Å². The smallest absolute Gasteiger partial charge is 0.320 e. The SMILES string of the molecule is CCC(C)(CC(C)(CC1(C)CC(=O)OC1=O)C(=O)OC(C)(C)C)C(=O)OC12CC3CC(CC(C3)C1)C2. The Labute approximate surface area is 215 Å². The van der Waals surface area contributed by atoms with Gasteiger partial charge in [-0.2, -0.15) is 0 Å². The molecule has 5 rings (SSSR count). The molecule has 1 heterocycles. The molecule has 202 valence electrons. The van der Waals surface area contributed by atoms with E-state index in [0.29, 0.717) is 24.2 Å². The molecular weight excluding hydrogens is 460 g/mol. The Hall–Kier alpha value is -1.92. The molecule has 7 heteroatoms. The number of hydrogen-bond acceptors (Lipinski definition) is 7. The van der Waals surface area contributed by atoms with Crippen molar-refractivity contribution in [3.63, 3.8) is 0 Å². The Kier molecular flexibility index (Phi) is 6.66. The predicted molar refractivity (Wildman–Crippen MR) is 132 cm³/mol. The second-order valence-corrected chi connectivity index (χ2v) is 14.3. The molecule has 3 atom stereocenters. The molecule has 5 aliphatic rings. The second kappa shape index (κ2) is 8.83. The van der Waals surface area contributed by atoms with Crippen LogP contribution in [0, 0.1) is 34.0 Å². The minimum absolute atomic E-state index is 0.0553. The summed E-state index contributed by atoms with van der Waals surface area (Å²) in [6.07, 6.45) is 7.21. The first-order chi connectivity index (χ1) is 16.5. The van der Waals surface area contributed by atoms with Crippen molar-refractivity contribution in [3.8, 4) is 0 Å². The van der Waals surface area contributed by atoms with Gasteiger partial charge in [-0.05, 0) is 117 Å². The van der Waals surface area contributed by atoms with Crippen LogP contribution in [0.1, 0.15) is 113 Å². The highest BCUT2D eigenvalue weighted by Gasteiger charge is 2.57. The van der Waals surface area contributed by atoms with Gasteiger partial charge in [-0.25, -0.2) is 0 Å². The number of rotatable bonds is 8. The summed E-state index contributed by atoms with van der Waals surface area (Å²) < 4.78 is 17.1. The van der Waals surface area contributed by atoms with E-state index < -0.39 is 39.8 Å². The summed E-state index contributed by atoms with van der Waals surface area (Å²) in [5.41, 5.74) is -4.41. The number of carbonyl (C=O) groups is 4. The highest BCUT2D eigenvalue weighted by molar-refractivity contribution is 5.97. The van der Waals surface area contributed by atoms with E-state index in [1.807, 2.05) is 13.8 Å². The molecule has 3 unspecified atom stereocenters. The zero-order chi connectivity index (χ0) is 26.7. The quantitative estimate of drug-likeness (QED) is 0.244. The van der Waals surface area contributed by atoms with Crippen molar-refractivity contribution >= 4 is 23.9 Å². The second-order valence-electron chi connectivity index (χ2n) is 14.3. The van der Waals surface area contributed by atoms with Gasteiger partial charge in [0, 0.05) is 0 Å². The van der Waals surface area contributed by atoms with E-state index in [1.54, 1.807) is 34.6 Å². The van der Waals surface area contributed by atoms with Crippen LogP contribution in [0.5, 0.6) is 0 Å². The molecule has 0 aromatic carbocycles. The molecule has 0 amide bonds. The highest BCUT2D eigenvalue weighted by atomic mass is 16.6. The van der Waals surface area contributed by atoms with E-state index >= 15 is 0 Å². The molecule has 0 spiro atoms. The van der Waals surface area contributed by atoms with Gasteiger partial charge in [0.1, 0.15) is 11.2 Å². The van der Waals surface area contributed by atoms with Crippen LogP contribution in [-0.2, 0) is 33.4 Å². The van der Waals surface area contributed by atoms with Crippen LogP contribution in [-0.4, -0.2) is 35.1 Å². The first-order valence-corrected chi connectivity index (χ1v) is 13.7. The predicted octanol–water partition coefficient (Wildman–Crippen LogP) is 5.52. The molecule has 0 aromatic heterocycles. The number of cyclic esters (lactones) is 2. The van der Waals surface area contributed by atoms with E-state index in [0.717, 1.165) is 19.3 Å². The van der Waals surface area contributed by atoms with Crippen molar-refractivity contribution in [3.05, 3.63) is 0 Å². The van der Waals surface area contributed by atoms with Gasteiger partial charge >= 0.3 is 23.9 Å². The van der Waals surface area contributed by atoms with Gasteiger partial charge in [0.25, 0.3) is 0 Å². The van der Waals surface area contributed by atoms with Crippen LogP contribution in [0.3, 0.4) is 0 Å². The lowest BCUT2D eigenvalue weighted by atomic mass is 9.54. The summed E-state index contributed by atoms with van der Waals surface area (Å²) in [5, 5.41) is 0. The summed E-state index contributed by atoms with van der Waals surface area (Å²) in [7, 11) is 0. The van der Waals surface area contributed by atoms with Gasteiger partial charge in [0.05, 0.1) is 22.7 Å². The summed E-state index contributed by atoms with van der Waals surface area (Å²) in [5.74, 6) is -0.0211. The Morgan fingerprint density at radius 2 is 1.44 bits per heavy atom. The molecule has 4 bridgehead atoms. The van der Waals surface area contributed by atoms with Crippen molar-refractivity contribution in [1.29, 1.82) is 0 Å². The molecule has 5 fully saturated rings. The zero-order valence-corrected chi connectivity index (χ0v) is 23.2. The van der Waals surface area contributed by atoms with Gasteiger partial charge in [-0.3, -0.25) is 19.2 Å². The third kappa shape index (κ3) is 5.22. The standard InChI is InChI=1S/C29H44O7/c1-8-26(5,23(32)36-29-12-18-9-19(13-29)11-20(10-18)14-29)16-28(7,24(33)35-25(2,3)4)17-27(6)15-21(30)34-22(27)31/h18-20H,8-17H2,1-7H3. The lowest BCUT2D eigenvalue weighted by Crippen LogP contribution is -2.54. The van der Waals surface area contributed by atoms with Crippen LogP contribution < -0.4 is 0 Å². The molecule has 4 saturated carbocycles. The van der Waals surface area contributed by atoms with Crippen LogP contribution in [0.25, 0.3) is 0 Å². The molecule has 7 nitrogen and oxygen atoms in total. The normalized spacial score (nSPS) is 36.7. The van der Waals surface area contributed by atoms with Gasteiger partial charge in [0.2, 0.25) is 0 Å². The molecule has 1 saturated heterocycles. The minimum Gasteiger partial charge on any atom is -0.460 e. The number of hydrogen-bond donors (Lipinski definition) is 0. The maximum atomic E-state index is 13.9. The van der Waals surface area contributed by atoms with Gasteiger partial charge in [-0.1, -0.05) is 6.92 Å². The lowest BCUT2D eigenvalue weighted by molar-refractivity contribution is -0.200. The van der Waals surface area contributed by atoms with Crippen molar-refractivity contribution in [2.45, 2.75) is 124 Å². The zero-order valence-electron chi connectivity index (χ0n) is 23.2. The first kappa shape index (κ1) is 27.1. The summed E-state index contributed by atoms with van der Waals surface area (Å²) >= 11 is 0. The monoisotopic (exact) mass is 504 g/mol. The van der Waals surface area contributed by atoms with E-state index in [9.17, 15) is 19.2 Å². The first-order valence-electron chi connectivity index (χ1n) is 13.7. The van der Waals surface area contributed by atoms with Gasteiger partial charge in [-0.15, -0.1) is 0 Å². The van der Waals surface area contributed by atoms with E-state index in [-0.39, 0.29) is 30.8 Å². The fraction of sp³-hybridized carbons (Fsp3) is 0.862. The van der Waals surface area contributed by atoms with Gasteiger partial charge in [0.15, 0.2) is 0 Å². The molecule has 0 radical (unpaired) electrons. The van der Waals surface area contributed by atoms with Crippen LogP contribution in [0.15, 0.2) is 0 Å². The molecule has 4 aliphatic carbocycles. The maximum Gasteiger partial charge on any atom is 0.320 e. The third-order valence-corrected chi connectivity index (χ3v) is 9.25. The van der Waals surface area contributed by atoms with E-state index in [2.05, 4.69) is 0 Å². The molecule has 0 N–H and O–H groups in total. The summed E-state index contributed by atoms with van der Waals surface area (Å²) in [4.78, 5) is 52.0. The molecule has 36 heavy (non-hydrogen) atoms. The van der Waals surface area contributed by atoms with Crippen molar-refractivity contribution in [1.82, 2.24) is 0 Å². The van der Waals surface area contributed by atoms with E-state index in [4.69, 9.17) is 14.2 Å². The molecule has 1 aliphatic heterocycles. The molecular formula is C29H44O7. The Morgan fingerprint density at radius 1 is 0.917 bits per heavy atom. The summed E-state index contributed by atoms with van der Waals surface area (Å²) in [6, 6.07) is 0. The Balaban J connectivity index is 1.59. The average molecular weight is 505 g/mol. The lowest BCUT2D eigenvalue weighted by Gasteiger charge is -2.56. The Bertz CT molecular complexity index is 910.